The van der Waals surface area contributed by atoms with Crippen molar-refractivity contribution in [3.05, 3.63) is 17.3 Å². The van der Waals surface area contributed by atoms with Gasteiger partial charge >= 0.3 is 0 Å². The summed E-state index contributed by atoms with van der Waals surface area (Å²) in [5.41, 5.74) is 0.452. The first-order chi connectivity index (χ1) is 13.6. The summed E-state index contributed by atoms with van der Waals surface area (Å²) >= 11 is 1.81. The molecule has 1 spiro atoms. The summed E-state index contributed by atoms with van der Waals surface area (Å²) in [4.78, 5) is 17.0. The molecule has 5 heterocycles. The van der Waals surface area contributed by atoms with Crippen molar-refractivity contribution < 1.29 is 4.74 Å². The molecule has 0 N–H and O–H groups in total. The van der Waals surface area contributed by atoms with Crippen LogP contribution in [-0.2, 0) is 11.2 Å². The van der Waals surface area contributed by atoms with Crippen LogP contribution in [0.15, 0.2) is 12.4 Å². The molecule has 3 aliphatic heterocycles. The second-order valence-electron chi connectivity index (χ2n) is 9.42. The van der Waals surface area contributed by atoms with Crippen LogP contribution in [0.3, 0.4) is 0 Å². The number of likely N-dealkylation sites (tertiary alicyclic amines) is 1. The van der Waals surface area contributed by atoms with E-state index < -0.39 is 0 Å². The molecule has 0 radical (unpaired) electrons. The van der Waals surface area contributed by atoms with Gasteiger partial charge in [0, 0.05) is 55.0 Å². The van der Waals surface area contributed by atoms with Crippen molar-refractivity contribution in [1.29, 1.82) is 0 Å². The Hall–Kier alpha value is -1.24. The molecule has 5 rings (SSSR count). The van der Waals surface area contributed by atoms with Gasteiger partial charge in [-0.2, -0.15) is 0 Å². The number of ether oxygens (including phenoxy) is 1. The molecule has 0 aliphatic carbocycles. The largest absolute Gasteiger partial charge is 0.381 e. The molecular formula is C22H32N4OS. The van der Waals surface area contributed by atoms with E-state index in [0.29, 0.717) is 17.4 Å². The number of hydrogen-bond donors (Lipinski definition) is 0. The average Bonchev–Trinajstić information content (AvgIpc) is 3.39. The molecule has 2 atom stereocenters. The fraction of sp³-hybridized carbons (Fsp3) is 0.727. The number of fused-ring (bicyclic) bond motifs is 1. The smallest absolute Gasteiger partial charge is 0.140 e. The zero-order valence-electron chi connectivity index (χ0n) is 17.4. The maximum Gasteiger partial charge on any atom is 0.140 e. The molecule has 0 bridgehead atoms. The van der Waals surface area contributed by atoms with Crippen LogP contribution < -0.4 is 4.90 Å². The number of rotatable bonds is 5. The van der Waals surface area contributed by atoms with Crippen LogP contribution in [0.5, 0.6) is 0 Å². The monoisotopic (exact) mass is 400 g/mol. The number of anilines is 1. The first-order valence-corrected chi connectivity index (χ1v) is 11.7. The van der Waals surface area contributed by atoms with Crippen molar-refractivity contribution in [3.8, 4) is 0 Å². The van der Waals surface area contributed by atoms with Crippen molar-refractivity contribution in [2.24, 2.45) is 17.3 Å². The molecular weight excluding hydrogens is 368 g/mol. The Labute approximate surface area is 172 Å². The summed E-state index contributed by atoms with van der Waals surface area (Å²) in [5.74, 6) is 2.57. The minimum absolute atomic E-state index is 0.452. The van der Waals surface area contributed by atoms with Gasteiger partial charge in [-0.1, -0.05) is 20.8 Å². The lowest BCUT2D eigenvalue weighted by Gasteiger charge is -2.54. The third kappa shape index (κ3) is 3.14. The van der Waals surface area contributed by atoms with Crippen LogP contribution in [0, 0.1) is 17.3 Å². The van der Waals surface area contributed by atoms with Gasteiger partial charge in [0.1, 0.15) is 17.0 Å². The van der Waals surface area contributed by atoms with Crippen molar-refractivity contribution in [2.75, 3.05) is 44.3 Å². The summed E-state index contributed by atoms with van der Waals surface area (Å²) in [7, 11) is 0. The highest BCUT2D eigenvalue weighted by Gasteiger charge is 2.51. The molecule has 5 nitrogen and oxygen atoms in total. The quantitative estimate of drug-likeness (QED) is 0.763. The average molecular weight is 401 g/mol. The molecule has 3 fully saturated rings. The van der Waals surface area contributed by atoms with Crippen molar-refractivity contribution in [3.63, 3.8) is 0 Å². The second kappa shape index (κ2) is 7.22. The fourth-order valence-electron chi connectivity index (χ4n) is 5.81. The van der Waals surface area contributed by atoms with Gasteiger partial charge < -0.3 is 9.64 Å². The van der Waals surface area contributed by atoms with E-state index in [1.165, 1.54) is 36.2 Å². The minimum atomic E-state index is 0.452. The molecule has 0 amide bonds. The number of nitrogens with zero attached hydrogens (tertiary/aromatic N) is 4. The number of thiophene rings is 1. The van der Waals surface area contributed by atoms with Crippen molar-refractivity contribution in [1.82, 2.24) is 14.9 Å². The lowest BCUT2D eigenvalue weighted by Crippen LogP contribution is -2.63. The summed E-state index contributed by atoms with van der Waals surface area (Å²) in [5, 5.41) is 1.25. The Bertz CT molecular complexity index is 838. The lowest BCUT2D eigenvalue weighted by molar-refractivity contribution is -0.0518. The Balaban J connectivity index is 1.30. The van der Waals surface area contributed by atoms with E-state index in [4.69, 9.17) is 9.72 Å². The summed E-state index contributed by atoms with van der Waals surface area (Å²) in [6, 6.07) is 2.99. The zero-order chi connectivity index (χ0) is 19.3. The topological polar surface area (TPSA) is 41.5 Å². The van der Waals surface area contributed by atoms with Crippen LogP contribution >= 0.6 is 11.3 Å². The highest BCUT2D eigenvalue weighted by atomic mass is 32.1. The minimum Gasteiger partial charge on any atom is -0.381 e. The van der Waals surface area contributed by atoms with Gasteiger partial charge in [-0.3, -0.25) is 4.90 Å². The first kappa shape index (κ1) is 18.8. The standard InChI is InChI=1S/C22H32N4OS/c1-4-17-9-18-20(23-14-24-21(18)28-17)25-7-6-22(11-25)12-26(13-22)19(15(2)3)16-5-8-27-10-16/h9,14-16,19H,4-8,10-13H2,1-3H3. The van der Waals surface area contributed by atoms with E-state index in [-0.39, 0.29) is 0 Å². The van der Waals surface area contributed by atoms with E-state index in [1.54, 1.807) is 6.33 Å². The third-order valence-corrected chi connectivity index (χ3v) is 8.26. The van der Waals surface area contributed by atoms with Gasteiger partial charge in [0.25, 0.3) is 0 Å². The molecule has 152 valence electrons. The Morgan fingerprint density at radius 3 is 2.86 bits per heavy atom. The van der Waals surface area contributed by atoms with Gasteiger partial charge in [-0.25, -0.2) is 9.97 Å². The lowest BCUT2D eigenvalue weighted by atomic mass is 9.75. The first-order valence-electron chi connectivity index (χ1n) is 10.9. The van der Waals surface area contributed by atoms with E-state index in [0.717, 1.165) is 49.3 Å². The third-order valence-electron chi connectivity index (χ3n) is 7.08. The van der Waals surface area contributed by atoms with Crippen LogP contribution in [0.4, 0.5) is 5.82 Å². The molecule has 28 heavy (non-hydrogen) atoms. The maximum atomic E-state index is 5.70. The summed E-state index contributed by atoms with van der Waals surface area (Å²) < 4.78 is 5.70. The molecule has 2 aromatic rings. The molecule has 6 heteroatoms. The van der Waals surface area contributed by atoms with E-state index >= 15 is 0 Å². The number of aryl methyl sites for hydroxylation is 1. The van der Waals surface area contributed by atoms with Gasteiger partial charge in [0.05, 0.1) is 12.0 Å². The van der Waals surface area contributed by atoms with Gasteiger partial charge in [-0.15, -0.1) is 11.3 Å². The molecule has 3 aliphatic rings. The molecule has 3 saturated heterocycles. The predicted octanol–water partition coefficient (Wildman–Crippen LogP) is 3.83. The molecule has 2 aromatic heterocycles. The summed E-state index contributed by atoms with van der Waals surface area (Å²) in [6.07, 6.45) is 5.34. The van der Waals surface area contributed by atoms with Crippen molar-refractivity contribution >= 4 is 27.4 Å². The van der Waals surface area contributed by atoms with Crippen LogP contribution in [0.25, 0.3) is 10.2 Å². The maximum absolute atomic E-state index is 5.70. The fourth-order valence-corrected chi connectivity index (χ4v) is 6.74. The molecule has 0 aromatic carbocycles. The Morgan fingerprint density at radius 1 is 1.29 bits per heavy atom. The zero-order valence-corrected chi connectivity index (χ0v) is 18.2. The number of hydrogen-bond acceptors (Lipinski definition) is 6. The van der Waals surface area contributed by atoms with Gasteiger partial charge in [0.15, 0.2) is 0 Å². The Kier molecular flexibility index (Phi) is 4.84. The normalized spacial score (nSPS) is 25.9. The van der Waals surface area contributed by atoms with Crippen LogP contribution in [0.2, 0.25) is 0 Å². The van der Waals surface area contributed by atoms with Crippen molar-refractivity contribution in [2.45, 2.75) is 46.1 Å². The highest BCUT2D eigenvalue weighted by molar-refractivity contribution is 7.18. The number of aromatic nitrogens is 2. The van der Waals surface area contributed by atoms with Gasteiger partial charge in [-0.05, 0) is 31.2 Å². The second-order valence-corrected chi connectivity index (χ2v) is 10.5. The van der Waals surface area contributed by atoms with E-state index in [1.807, 2.05) is 11.3 Å². The van der Waals surface area contributed by atoms with Crippen LogP contribution in [-0.4, -0.2) is 60.3 Å². The highest BCUT2D eigenvalue weighted by Crippen LogP contribution is 2.45. The van der Waals surface area contributed by atoms with E-state index in [2.05, 4.69) is 41.6 Å². The molecule has 2 unspecified atom stereocenters. The SMILES string of the molecule is CCc1cc2c(N3CCC4(C3)CN(C(C(C)C)C3CCOC3)C4)ncnc2s1. The molecule has 0 saturated carbocycles. The summed E-state index contributed by atoms with van der Waals surface area (Å²) in [6.45, 7) is 13.6. The van der Waals surface area contributed by atoms with Crippen LogP contribution in [0.1, 0.15) is 38.5 Å². The van der Waals surface area contributed by atoms with E-state index in [9.17, 15) is 0 Å². The Morgan fingerprint density at radius 2 is 2.14 bits per heavy atom. The predicted molar refractivity (Wildman–Crippen MR) is 115 cm³/mol. The van der Waals surface area contributed by atoms with Gasteiger partial charge in [0.2, 0.25) is 0 Å².